The molecule has 0 aliphatic carbocycles. The highest BCUT2D eigenvalue weighted by atomic mass is 19.1. The van der Waals surface area contributed by atoms with Crippen molar-refractivity contribution in [3.8, 4) is 11.5 Å². The molecule has 0 radical (unpaired) electrons. The minimum absolute atomic E-state index is 0.198. The van der Waals surface area contributed by atoms with Crippen molar-refractivity contribution in [2.24, 2.45) is 4.99 Å². The van der Waals surface area contributed by atoms with Crippen LogP contribution in [0.3, 0.4) is 0 Å². The third kappa shape index (κ3) is 5.91. The van der Waals surface area contributed by atoms with E-state index >= 15 is 0 Å². The molecule has 0 spiro atoms. The molecule has 140 valence electrons. The zero-order chi connectivity index (χ0) is 18.9. The van der Waals surface area contributed by atoms with Crippen molar-refractivity contribution in [1.29, 1.82) is 0 Å². The van der Waals surface area contributed by atoms with Crippen LogP contribution in [-0.4, -0.2) is 30.3 Å². The quantitative estimate of drug-likeness (QED) is 0.522. The molecule has 0 aromatic heterocycles. The van der Waals surface area contributed by atoms with E-state index in [4.69, 9.17) is 4.74 Å². The van der Waals surface area contributed by atoms with Crippen molar-refractivity contribution in [1.82, 2.24) is 10.6 Å². The van der Waals surface area contributed by atoms with Gasteiger partial charge in [-0.25, -0.2) is 13.8 Å². The van der Waals surface area contributed by atoms with E-state index in [-0.39, 0.29) is 24.1 Å². The van der Waals surface area contributed by atoms with Gasteiger partial charge in [0.25, 0.3) is 0 Å². The lowest BCUT2D eigenvalue weighted by Crippen LogP contribution is -2.41. The number of nitrogens with zero attached hydrogens (tertiary/aromatic N) is 1. The fourth-order valence-electron chi connectivity index (χ4n) is 2.20. The Morgan fingerprint density at radius 3 is 2.62 bits per heavy atom. The van der Waals surface area contributed by atoms with Gasteiger partial charge in [-0.3, -0.25) is 0 Å². The predicted octanol–water partition coefficient (Wildman–Crippen LogP) is 3.19. The number of guanidine groups is 1. The maximum atomic E-state index is 13.6. The summed E-state index contributed by atoms with van der Waals surface area (Å²) < 4.78 is 32.5. The zero-order valence-corrected chi connectivity index (χ0v) is 14.8. The number of ether oxygens (including phenoxy) is 1. The molecule has 0 aliphatic rings. The summed E-state index contributed by atoms with van der Waals surface area (Å²) in [5.41, 5.74) is 0.633. The van der Waals surface area contributed by atoms with E-state index in [2.05, 4.69) is 15.6 Å². The maximum absolute atomic E-state index is 13.6. The molecule has 0 amide bonds. The van der Waals surface area contributed by atoms with Gasteiger partial charge >= 0.3 is 0 Å². The molecular weight excluding hydrogens is 340 g/mol. The summed E-state index contributed by atoms with van der Waals surface area (Å²) in [6.07, 6.45) is -0.290. The van der Waals surface area contributed by atoms with Gasteiger partial charge in [-0.15, -0.1) is 0 Å². The van der Waals surface area contributed by atoms with Gasteiger partial charge in [-0.05, 0) is 43.7 Å². The van der Waals surface area contributed by atoms with Crippen LogP contribution in [0.1, 0.15) is 19.4 Å². The highest BCUT2D eigenvalue weighted by Gasteiger charge is 2.09. The van der Waals surface area contributed by atoms with Crippen molar-refractivity contribution in [2.45, 2.75) is 26.5 Å². The summed E-state index contributed by atoms with van der Waals surface area (Å²) in [5.74, 6) is -0.744. The van der Waals surface area contributed by atoms with Crippen LogP contribution in [0.2, 0.25) is 0 Å². The number of phenolic OH excluding ortho intramolecular Hbond substituents is 1. The fourth-order valence-corrected chi connectivity index (χ4v) is 2.20. The first kappa shape index (κ1) is 19.5. The minimum atomic E-state index is -0.678. The van der Waals surface area contributed by atoms with Crippen molar-refractivity contribution >= 4 is 5.96 Å². The molecule has 0 saturated carbocycles. The maximum Gasteiger partial charge on any atom is 0.191 e. The summed E-state index contributed by atoms with van der Waals surface area (Å²) in [6.45, 7) is 5.05. The normalized spacial score (nSPS) is 12.5. The van der Waals surface area contributed by atoms with Gasteiger partial charge < -0.3 is 20.5 Å². The van der Waals surface area contributed by atoms with Gasteiger partial charge in [0.15, 0.2) is 29.1 Å². The number of rotatable bonds is 7. The predicted molar refractivity (Wildman–Crippen MR) is 97.4 cm³/mol. The summed E-state index contributed by atoms with van der Waals surface area (Å²) >= 11 is 0. The number of phenols is 1. The number of hydrogen-bond acceptors (Lipinski definition) is 3. The van der Waals surface area contributed by atoms with Crippen molar-refractivity contribution in [3.63, 3.8) is 0 Å². The molecule has 0 bridgehead atoms. The number of nitrogens with one attached hydrogen (secondary N) is 2. The van der Waals surface area contributed by atoms with Gasteiger partial charge in [-0.1, -0.05) is 18.2 Å². The van der Waals surface area contributed by atoms with Crippen LogP contribution < -0.4 is 15.4 Å². The summed E-state index contributed by atoms with van der Waals surface area (Å²) in [5, 5.41) is 15.4. The number of para-hydroxylation sites is 1. The topological polar surface area (TPSA) is 65.9 Å². The molecular formula is C19H23F2N3O2. The second-order valence-corrected chi connectivity index (χ2v) is 5.72. The van der Waals surface area contributed by atoms with Gasteiger partial charge in [0.05, 0.1) is 13.1 Å². The van der Waals surface area contributed by atoms with Crippen LogP contribution in [0.15, 0.2) is 47.5 Å². The molecule has 1 unspecified atom stereocenters. The molecule has 0 saturated heterocycles. The lowest BCUT2D eigenvalue weighted by molar-refractivity contribution is 0.214. The van der Waals surface area contributed by atoms with Crippen LogP contribution in [0.25, 0.3) is 0 Å². The first-order valence-corrected chi connectivity index (χ1v) is 8.40. The Bertz CT molecular complexity index is 753. The Labute approximate surface area is 151 Å². The number of benzene rings is 2. The molecule has 2 aromatic carbocycles. The van der Waals surface area contributed by atoms with E-state index in [1.807, 2.05) is 13.8 Å². The molecule has 0 fully saturated rings. The van der Waals surface area contributed by atoms with Crippen LogP contribution in [0, 0.1) is 11.6 Å². The smallest absolute Gasteiger partial charge is 0.191 e. The highest BCUT2D eigenvalue weighted by Crippen LogP contribution is 2.17. The molecule has 7 heteroatoms. The van der Waals surface area contributed by atoms with Crippen molar-refractivity contribution < 1.29 is 18.6 Å². The number of halogens is 2. The second-order valence-electron chi connectivity index (χ2n) is 5.72. The largest absolute Gasteiger partial charge is 0.505 e. The minimum Gasteiger partial charge on any atom is -0.505 e. The number of hydrogen-bond donors (Lipinski definition) is 3. The van der Waals surface area contributed by atoms with E-state index in [1.165, 1.54) is 18.2 Å². The first-order valence-electron chi connectivity index (χ1n) is 8.40. The van der Waals surface area contributed by atoms with Crippen LogP contribution in [0.4, 0.5) is 8.78 Å². The number of aromatic hydroxyl groups is 1. The van der Waals surface area contributed by atoms with E-state index in [1.54, 1.807) is 24.3 Å². The Kier molecular flexibility index (Phi) is 7.20. The van der Waals surface area contributed by atoms with Crippen LogP contribution in [-0.2, 0) is 6.54 Å². The lowest BCUT2D eigenvalue weighted by Gasteiger charge is -2.18. The van der Waals surface area contributed by atoms with E-state index in [9.17, 15) is 13.9 Å². The Morgan fingerprint density at radius 1 is 1.15 bits per heavy atom. The van der Waals surface area contributed by atoms with E-state index in [0.717, 1.165) is 0 Å². The Morgan fingerprint density at radius 2 is 1.92 bits per heavy atom. The van der Waals surface area contributed by atoms with Crippen molar-refractivity contribution in [2.75, 3.05) is 13.1 Å². The Hall–Kier alpha value is -2.83. The lowest BCUT2D eigenvalue weighted by atomic mass is 10.2. The van der Waals surface area contributed by atoms with Gasteiger partial charge in [-0.2, -0.15) is 0 Å². The monoisotopic (exact) mass is 363 g/mol. The molecule has 1 atom stereocenters. The summed E-state index contributed by atoms with van der Waals surface area (Å²) in [4.78, 5) is 4.37. The molecule has 2 rings (SSSR count). The molecule has 3 N–H and O–H groups in total. The SMILES string of the molecule is CCNC(=NCc1ccc(O)c(F)c1)NCC(C)Oc1ccccc1F. The number of aliphatic imine (C=N–C) groups is 1. The zero-order valence-electron chi connectivity index (χ0n) is 14.8. The van der Waals surface area contributed by atoms with Gasteiger partial charge in [0, 0.05) is 6.54 Å². The van der Waals surface area contributed by atoms with Crippen molar-refractivity contribution in [3.05, 3.63) is 59.7 Å². The molecule has 0 heterocycles. The summed E-state index contributed by atoms with van der Waals surface area (Å²) in [7, 11) is 0. The average molecular weight is 363 g/mol. The first-order chi connectivity index (χ1) is 12.5. The third-order valence-electron chi connectivity index (χ3n) is 3.50. The second kappa shape index (κ2) is 9.60. The fraction of sp³-hybridized carbons (Fsp3) is 0.316. The molecule has 0 aliphatic heterocycles. The molecule has 2 aromatic rings. The summed E-state index contributed by atoms with van der Waals surface area (Å²) in [6, 6.07) is 10.4. The van der Waals surface area contributed by atoms with Gasteiger partial charge in [0.1, 0.15) is 6.10 Å². The van der Waals surface area contributed by atoms with Gasteiger partial charge in [0.2, 0.25) is 0 Å². The molecule has 26 heavy (non-hydrogen) atoms. The third-order valence-corrected chi connectivity index (χ3v) is 3.50. The molecule has 5 nitrogen and oxygen atoms in total. The average Bonchev–Trinajstić information content (AvgIpc) is 2.62. The van der Waals surface area contributed by atoms with E-state index in [0.29, 0.717) is 24.6 Å². The van der Waals surface area contributed by atoms with Crippen LogP contribution >= 0.6 is 0 Å². The highest BCUT2D eigenvalue weighted by molar-refractivity contribution is 5.79. The standard InChI is InChI=1S/C19H23F2N3O2/c1-3-22-19(24-12-14-8-9-17(25)16(21)10-14)23-11-13(2)26-18-7-5-4-6-15(18)20/h4-10,13,25H,3,11-12H2,1-2H3,(H2,22,23,24). The van der Waals surface area contributed by atoms with Crippen LogP contribution in [0.5, 0.6) is 11.5 Å². The van der Waals surface area contributed by atoms with E-state index < -0.39 is 11.6 Å². The Balaban J connectivity index is 1.92.